The molecule has 6 nitrogen and oxygen atoms in total. The van der Waals surface area contributed by atoms with E-state index in [4.69, 9.17) is 0 Å². The van der Waals surface area contributed by atoms with Crippen molar-refractivity contribution < 1.29 is 0 Å². The van der Waals surface area contributed by atoms with E-state index in [-0.39, 0.29) is 11.2 Å². The Morgan fingerprint density at radius 2 is 2.12 bits per heavy atom. The van der Waals surface area contributed by atoms with Crippen molar-refractivity contribution in [2.45, 2.75) is 51.6 Å². The van der Waals surface area contributed by atoms with Crippen molar-refractivity contribution in [3.8, 4) is 0 Å². The molecule has 1 N–H and O–H groups in total. The monoisotopic (exact) mass is 342 g/mol. The molecule has 1 saturated heterocycles. The van der Waals surface area contributed by atoms with Crippen LogP contribution in [-0.2, 0) is 13.0 Å². The molecule has 0 aliphatic carbocycles. The van der Waals surface area contributed by atoms with Gasteiger partial charge in [0, 0.05) is 42.8 Å². The van der Waals surface area contributed by atoms with E-state index in [1.807, 2.05) is 18.3 Å². The summed E-state index contributed by atoms with van der Waals surface area (Å²) < 4.78 is 1.30. The molecule has 1 unspecified atom stereocenters. The number of nitrogens with one attached hydrogen (secondary N) is 1. The zero-order valence-electron chi connectivity index (χ0n) is 14.8. The van der Waals surface area contributed by atoms with Gasteiger partial charge in [-0.05, 0) is 51.3 Å². The molecule has 0 aromatic carbocycles. The fourth-order valence-corrected chi connectivity index (χ4v) is 3.62. The van der Waals surface area contributed by atoms with E-state index in [0.29, 0.717) is 18.3 Å². The first-order chi connectivity index (χ1) is 12.1. The van der Waals surface area contributed by atoms with Gasteiger partial charge in [0.2, 0.25) is 0 Å². The van der Waals surface area contributed by atoms with Crippen LogP contribution in [0.25, 0.3) is 0 Å². The Hall–Kier alpha value is -2.21. The summed E-state index contributed by atoms with van der Waals surface area (Å²) in [4.78, 5) is 33.6. The topological polar surface area (TPSA) is 71.0 Å². The van der Waals surface area contributed by atoms with Crippen LogP contribution in [-0.4, -0.2) is 38.6 Å². The first-order valence-corrected chi connectivity index (χ1v) is 9.08. The maximum atomic E-state index is 12.0. The van der Waals surface area contributed by atoms with E-state index in [9.17, 15) is 9.59 Å². The first kappa shape index (κ1) is 17.6. The molecule has 3 rings (SSSR count). The van der Waals surface area contributed by atoms with Gasteiger partial charge in [0.15, 0.2) is 0 Å². The lowest BCUT2D eigenvalue weighted by Gasteiger charge is -2.35. The molecule has 6 heteroatoms. The second-order valence-electron chi connectivity index (χ2n) is 6.79. The number of nitrogens with zero attached hydrogens (tertiary/aromatic N) is 3. The summed E-state index contributed by atoms with van der Waals surface area (Å²) in [6.45, 7) is 3.93. The molecule has 1 aliphatic rings. The Bertz CT molecular complexity index is 766. The van der Waals surface area contributed by atoms with E-state index in [2.05, 4.69) is 20.9 Å². The fourth-order valence-electron chi connectivity index (χ4n) is 3.62. The molecule has 3 heterocycles. The van der Waals surface area contributed by atoms with Crippen LogP contribution in [0.15, 0.2) is 40.1 Å². The minimum Gasteiger partial charge on any atom is -0.311 e. The number of rotatable bonds is 6. The summed E-state index contributed by atoms with van der Waals surface area (Å²) in [5.74, 6) is 0. The van der Waals surface area contributed by atoms with Gasteiger partial charge >= 0.3 is 5.69 Å². The van der Waals surface area contributed by atoms with Crippen LogP contribution in [0.3, 0.4) is 0 Å². The quantitative estimate of drug-likeness (QED) is 0.868. The number of aromatic amines is 1. The van der Waals surface area contributed by atoms with Crippen LogP contribution in [0, 0.1) is 6.92 Å². The Morgan fingerprint density at radius 3 is 2.88 bits per heavy atom. The maximum Gasteiger partial charge on any atom is 0.328 e. The lowest BCUT2D eigenvalue weighted by atomic mass is 9.97. The zero-order valence-corrected chi connectivity index (χ0v) is 14.8. The predicted octanol–water partition coefficient (Wildman–Crippen LogP) is 1.73. The molecule has 0 bridgehead atoms. The van der Waals surface area contributed by atoms with Crippen molar-refractivity contribution in [1.29, 1.82) is 0 Å². The fraction of sp³-hybridized carbons (Fsp3) is 0.526. The highest BCUT2D eigenvalue weighted by Crippen LogP contribution is 2.20. The molecule has 25 heavy (non-hydrogen) atoms. The molecule has 2 aromatic heterocycles. The Kier molecular flexibility index (Phi) is 5.81. The highest BCUT2D eigenvalue weighted by Gasteiger charge is 2.22. The van der Waals surface area contributed by atoms with Gasteiger partial charge in [-0.15, -0.1) is 0 Å². The van der Waals surface area contributed by atoms with Crippen molar-refractivity contribution in [1.82, 2.24) is 19.4 Å². The molecule has 0 spiro atoms. The van der Waals surface area contributed by atoms with E-state index in [1.54, 1.807) is 6.92 Å². The number of H-pyrrole nitrogens is 1. The lowest BCUT2D eigenvalue weighted by molar-refractivity contribution is 0.134. The summed E-state index contributed by atoms with van der Waals surface area (Å²) in [6.07, 6.45) is 7.47. The third kappa shape index (κ3) is 4.66. The summed E-state index contributed by atoms with van der Waals surface area (Å²) >= 11 is 0. The van der Waals surface area contributed by atoms with Gasteiger partial charge in [-0.3, -0.25) is 19.2 Å². The lowest BCUT2D eigenvalue weighted by Crippen LogP contribution is -2.44. The third-order valence-corrected chi connectivity index (χ3v) is 4.98. The third-order valence-electron chi connectivity index (χ3n) is 4.98. The molecule has 2 aromatic rings. The molecule has 0 radical (unpaired) electrons. The van der Waals surface area contributed by atoms with E-state index in [1.165, 1.54) is 29.9 Å². The zero-order chi connectivity index (χ0) is 17.6. The molecule has 1 aliphatic heterocycles. The molecule has 0 amide bonds. The van der Waals surface area contributed by atoms with Gasteiger partial charge in [-0.1, -0.05) is 12.5 Å². The Labute approximate surface area is 147 Å². The largest absolute Gasteiger partial charge is 0.328 e. The van der Waals surface area contributed by atoms with Gasteiger partial charge in [0.1, 0.15) is 0 Å². The predicted molar refractivity (Wildman–Crippen MR) is 97.8 cm³/mol. The number of likely N-dealkylation sites (tertiary alicyclic amines) is 1. The number of piperidine rings is 1. The summed E-state index contributed by atoms with van der Waals surface area (Å²) in [6, 6.07) is 8.01. The van der Waals surface area contributed by atoms with Gasteiger partial charge in [-0.25, -0.2) is 4.79 Å². The van der Waals surface area contributed by atoms with Crippen molar-refractivity contribution in [2.75, 3.05) is 13.1 Å². The number of aryl methyl sites for hydroxylation is 2. The van der Waals surface area contributed by atoms with E-state index < -0.39 is 0 Å². The molecule has 134 valence electrons. The summed E-state index contributed by atoms with van der Waals surface area (Å²) in [5, 5.41) is 0. The number of hydrogen-bond donors (Lipinski definition) is 1. The molecule has 1 fully saturated rings. The molecule has 0 saturated carbocycles. The van der Waals surface area contributed by atoms with Crippen LogP contribution in [0.2, 0.25) is 0 Å². The Morgan fingerprint density at radius 1 is 1.24 bits per heavy atom. The van der Waals surface area contributed by atoms with Crippen molar-refractivity contribution >= 4 is 0 Å². The van der Waals surface area contributed by atoms with Crippen LogP contribution in [0.1, 0.15) is 37.1 Å². The normalized spacial score (nSPS) is 18.4. The van der Waals surface area contributed by atoms with Crippen molar-refractivity contribution in [2.24, 2.45) is 0 Å². The van der Waals surface area contributed by atoms with Crippen molar-refractivity contribution in [3.05, 3.63) is 62.7 Å². The van der Waals surface area contributed by atoms with E-state index >= 15 is 0 Å². The van der Waals surface area contributed by atoms with Gasteiger partial charge in [0.25, 0.3) is 5.56 Å². The van der Waals surface area contributed by atoms with Crippen molar-refractivity contribution in [3.63, 3.8) is 0 Å². The number of pyridine rings is 1. The standard InChI is InChI=1S/C19H26N4O2/c1-15-14-18(24)23(19(25)21-15)13-12-22-11-5-3-7-17(22)9-8-16-6-2-4-10-20-16/h2,4,6,10,14,17H,3,5,7-9,11-13H2,1H3,(H,21,25). The molecular formula is C19H26N4O2. The molecular weight excluding hydrogens is 316 g/mol. The average molecular weight is 342 g/mol. The SMILES string of the molecule is Cc1cc(=O)n(CCN2CCCCC2CCc2ccccn2)c(=O)[nH]1. The summed E-state index contributed by atoms with van der Waals surface area (Å²) in [5.41, 5.74) is 1.20. The highest BCUT2D eigenvalue weighted by molar-refractivity contribution is 5.04. The van der Waals surface area contributed by atoms with Gasteiger partial charge < -0.3 is 4.98 Å². The van der Waals surface area contributed by atoms with Gasteiger partial charge in [0.05, 0.1) is 0 Å². The minimum atomic E-state index is -0.313. The first-order valence-electron chi connectivity index (χ1n) is 9.08. The minimum absolute atomic E-state index is 0.219. The second kappa shape index (κ2) is 8.25. The maximum absolute atomic E-state index is 12.0. The van der Waals surface area contributed by atoms with Gasteiger partial charge in [-0.2, -0.15) is 0 Å². The smallest absolute Gasteiger partial charge is 0.311 e. The Balaban J connectivity index is 1.62. The average Bonchev–Trinajstić information content (AvgIpc) is 2.61. The number of hydrogen-bond acceptors (Lipinski definition) is 4. The second-order valence-corrected chi connectivity index (χ2v) is 6.79. The number of aromatic nitrogens is 3. The highest BCUT2D eigenvalue weighted by atomic mass is 16.2. The molecule has 1 atom stereocenters. The van der Waals surface area contributed by atoms with Crippen LogP contribution in [0.5, 0.6) is 0 Å². The van der Waals surface area contributed by atoms with E-state index in [0.717, 1.165) is 31.6 Å². The summed E-state index contributed by atoms with van der Waals surface area (Å²) in [7, 11) is 0. The van der Waals surface area contributed by atoms with Crippen LogP contribution in [0.4, 0.5) is 0 Å². The van der Waals surface area contributed by atoms with Crippen LogP contribution < -0.4 is 11.2 Å². The van der Waals surface area contributed by atoms with Crippen LogP contribution >= 0.6 is 0 Å².